The lowest BCUT2D eigenvalue weighted by atomic mass is 10.1. The van der Waals surface area contributed by atoms with Gasteiger partial charge < -0.3 is 10.1 Å². The number of nitrogens with one attached hydrogen (secondary N) is 2. The van der Waals surface area contributed by atoms with Crippen LogP contribution in [0.5, 0.6) is 0 Å². The van der Waals surface area contributed by atoms with E-state index < -0.39 is 10.0 Å². The molecule has 0 atom stereocenters. The van der Waals surface area contributed by atoms with Crippen molar-refractivity contribution in [2.24, 2.45) is 0 Å². The molecule has 0 unspecified atom stereocenters. The van der Waals surface area contributed by atoms with Gasteiger partial charge in [0.1, 0.15) is 5.82 Å². The third-order valence-electron chi connectivity index (χ3n) is 6.15. The number of para-hydroxylation sites is 1. The molecule has 4 aromatic heterocycles. The lowest BCUT2D eigenvalue weighted by Gasteiger charge is -2.26. The molecule has 12 nitrogen and oxygen atoms in total. The van der Waals surface area contributed by atoms with Crippen LogP contribution in [0.1, 0.15) is 0 Å². The number of benzene rings is 1. The fourth-order valence-corrected chi connectivity index (χ4v) is 6.09. The number of ether oxygens (including phenoxy) is 1. The first-order chi connectivity index (χ1) is 19.0. The van der Waals surface area contributed by atoms with Crippen LogP contribution in [-0.4, -0.2) is 76.1 Å². The number of anilines is 3. The maximum absolute atomic E-state index is 12.7. The smallest absolute Gasteiger partial charge is 0.291 e. The van der Waals surface area contributed by atoms with Crippen LogP contribution < -0.4 is 10.0 Å². The second-order valence-corrected chi connectivity index (χ2v) is 11.7. The zero-order valence-electron chi connectivity index (χ0n) is 20.8. The van der Waals surface area contributed by atoms with Crippen LogP contribution in [-0.2, 0) is 21.3 Å². The summed E-state index contributed by atoms with van der Waals surface area (Å²) in [5, 5.41) is 15.7. The number of hydrogen-bond acceptors (Lipinski definition) is 11. The molecular formula is C25H25N9O3S2. The summed E-state index contributed by atoms with van der Waals surface area (Å²) in [7, 11) is -3.86. The fraction of sp³-hybridized carbons (Fsp3) is 0.240. The summed E-state index contributed by atoms with van der Waals surface area (Å²) in [4.78, 5) is 11.6. The van der Waals surface area contributed by atoms with Gasteiger partial charge in [-0.1, -0.05) is 29.5 Å². The summed E-state index contributed by atoms with van der Waals surface area (Å²) in [5.41, 5.74) is 3.72. The zero-order valence-corrected chi connectivity index (χ0v) is 22.4. The molecule has 1 fully saturated rings. The van der Waals surface area contributed by atoms with Gasteiger partial charge in [0.05, 0.1) is 37.0 Å². The summed E-state index contributed by atoms with van der Waals surface area (Å²) in [6.07, 6.45) is 5.65. The minimum absolute atomic E-state index is 0.149. The van der Waals surface area contributed by atoms with E-state index in [0.29, 0.717) is 22.2 Å². The zero-order chi connectivity index (χ0) is 26.7. The molecule has 6 rings (SSSR count). The predicted octanol–water partition coefficient (Wildman–Crippen LogP) is 3.22. The number of pyridine rings is 2. The average Bonchev–Trinajstić information content (AvgIpc) is 3.63. The minimum atomic E-state index is -3.86. The van der Waals surface area contributed by atoms with Gasteiger partial charge in [0, 0.05) is 48.8 Å². The van der Waals surface area contributed by atoms with Crippen molar-refractivity contribution in [3.63, 3.8) is 0 Å². The number of nitrogens with zero attached hydrogens (tertiary/aromatic N) is 7. The Bertz CT molecular complexity index is 1680. The molecular weight excluding hydrogens is 538 g/mol. The van der Waals surface area contributed by atoms with E-state index in [4.69, 9.17) is 4.74 Å². The van der Waals surface area contributed by atoms with E-state index in [2.05, 4.69) is 40.2 Å². The highest BCUT2D eigenvalue weighted by Gasteiger charge is 2.20. The molecule has 1 saturated heterocycles. The number of rotatable bonds is 9. The third-order valence-corrected chi connectivity index (χ3v) is 8.74. The molecule has 200 valence electrons. The Labute approximate surface area is 228 Å². The van der Waals surface area contributed by atoms with Gasteiger partial charge in [-0.2, -0.15) is 13.5 Å². The van der Waals surface area contributed by atoms with Gasteiger partial charge >= 0.3 is 0 Å². The molecule has 0 amide bonds. The fourth-order valence-electron chi connectivity index (χ4n) is 4.12. The maximum atomic E-state index is 12.7. The molecule has 2 N–H and O–H groups in total. The third kappa shape index (κ3) is 6.04. The Kier molecular flexibility index (Phi) is 7.15. The summed E-state index contributed by atoms with van der Waals surface area (Å²) in [6, 6.07) is 14.2. The highest BCUT2D eigenvalue weighted by Crippen LogP contribution is 2.27. The van der Waals surface area contributed by atoms with E-state index in [1.165, 1.54) is 0 Å². The molecule has 1 aromatic carbocycles. The molecule has 0 radical (unpaired) electrons. The minimum Gasteiger partial charge on any atom is -0.379 e. The number of aromatic nitrogens is 6. The van der Waals surface area contributed by atoms with Crippen molar-refractivity contribution >= 4 is 49.0 Å². The Hall–Kier alpha value is -3.98. The van der Waals surface area contributed by atoms with Crippen LogP contribution in [0.4, 0.5) is 16.6 Å². The van der Waals surface area contributed by atoms with E-state index in [-0.39, 0.29) is 4.34 Å². The van der Waals surface area contributed by atoms with Gasteiger partial charge in [-0.15, -0.1) is 10.2 Å². The van der Waals surface area contributed by atoms with Crippen molar-refractivity contribution in [1.29, 1.82) is 0 Å². The number of hydrogen-bond donors (Lipinski definition) is 2. The lowest BCUT2D eigenvalue weighted by molar-refractivity contribution is 0.0360. The van der Waals surface area contributed by atoms with Crippen molar-refractivity contribution in [2.45, 2.75) is 10.9 Å². The number of sulfonamides is 1. The first kappa shape index (κ1) is 25.3. The highest BCUT2D eigenvalue weighted by molar-refractivity contribution is 7.94. The molecule has 14 heteroatoms. The molecule has 1 aliphatic rings. The quantitative estimate of drug-likeness (QED) is 0.275. The van der Waals surface area contributed by atoms with Gasteiger partial charge in [-0.3, -0.25) is 19.3 Å². The van der Waals surface area contributed by atoms with Crippen molar-refractivity contribution in [3.05, 3.63) is 67.1 Å². The second kappa shape index (κ2) is 11.0. The molecule has 0 bridgehead atoms. The van der Waals surface area contributed by atoms with E-state index in [0.717, 1.165) is 67.4 Å². The molecule has 39 heavy (non-hydrogen) atoms. The van der Waals surface area contributed by atoms with Gasteiger partial charge in [0.15, 0.2) is 0 Å². The summed E-state index contributed by atoms with van der Waals surface area (Å²) >= 11 is 0.916. The van der Waals surface area contributed by atoms with Crippen molar-refractivity contribution < 1.29 is 13.2 Å². The SMILES string of the molecule is O=S(=O)(Nc1ccccc1)c1nnc(Nc2ccc3ncc(-c4cnn(CCN5CCOCC5)c4)cc3n2)s1. The largest absolute Gasteiger partial charge is 0.379 e. The number of fused-ring (bicyclic) bond motifs is 1. The van der Waals surface area contributed by atoms with Crippen LogP contribution in [0.15, 0.2) is 71.5 Å². The van der Waals surface area contributed by atoms with E-state index >= 15 is 0 Å². The molecule has 1 aliphatic heterocycles. The van der Waals surface area contributed by atoms with E-state index in [9.17, 15) is 8.42 Å². The Morgan fingerprint density at radius 1 is 0.949 bits per heavy atom. The molecule has 0 saturated carbocycles. The van der Waals surface area contributed by atoms with Crippen LogP contribution >= 0.6 is 11.3 Å². The van der Waals surface area contributed by atoms with Gasteiger partial charge in [0.25, 0.3) is 14.4 Å². The molecule has 0 spiro atoms. The second-order valence-electron chi connectivity index (χ2n) is 8.87. The monoisotopic (exact) mass is 563 g/mol. The van der Waals surface area contributed by atoms with Crippen molar-refractivity contribution in [3.8, 4) is 11.1 Å². The Balaban J connectivity index is 1.15. The Morgan fingerprint density at radius 3 is 2.64 bits per heavy atom. The summed E-state index contributed by atoms with van der Waals surface area (Å²) in [5.74, 6) is 0.499. The van der Waals surface area contributed by atoms with Gasteiger partial charge in [0.2, 0.25) is 5.13 Å². The molecule has 5 heterocycles. The van der Waals surface area contributed by atoms with Gasteiger partial charge in [-0.05, 0) is 30.3 Å². The van der Waals surface area contributed by atoms with E-state index in [1.807, 2.05) is 35.4 Å². The van der Waals surface area contributed by atoms with E-state index in [1.54, 1.807) is 36.4 Å². The topological polar surface area (TPSA) is 140 Å². The first-order valence-corrected chi connectivity index (χ1v) is 14.6. The average molecular weight is 564 g/mol. The highest BCUT2D eigenvalue weighted by atomic mass is 32.2. The summed E-state index contributed by atoms with van der Waals surface area (Å²) < 4.78 is 35.0. The number of morpholine rings is 1. The van der Waals surface area contributed by atoms with Crippen molar-refractivity contribution in [1.82, 2.24) is 34.8 Å². The molecule has 5 aromatic rings. The van der Waals surface area contributed by atoms with Gasteiger partial charge in [-0.25, -0.2) is 4.98 Å². The first-order valence-electron chi connectivity index (χ1n) is 12.3. The lowest BCUT2D eigenvalue weighted by Crippen LogP contribution is -2.38. The standard InChI is InChI=1S/C25H25N9O3S2/c35-39(36,32-20-4-2-1-3-5-20)25-31-30-24(38-25)29-23-7-6-21-22(28-23)14-18(15-26-21)19-16-27-34(17-19)9-8-33-10-12-37-13-11-33/h1-7,14-17,32H,8-13H2,(H,28,29,30). The summed E-state index contributed by atoms with van der Waals surface area (Å²) in [6.45, 7) is 5.18. The van der Waals surface area contributed by atoms with Crippen molar-refractivity contribution in [2.75, 3.05) is 42.9 Å². The van der Waals surface area contributed by atoms with Crippen LogP contribution in [0, 0.1) is 0 Å². The Morgan fingerprint density at radius 2 is 1.79 bits per heavy atom. The van der Waals surface area contributed by atoms with Crippen LogP contribution in [0.2, 0.25) is 0 Å². The van der Waals surface area contributed by atoms with Crippen LogP contribution in [0.3, 0.4) is 0 Å². The maximum Gasteiger partial charge on any atom is 0.291 e. The normalized spacial score (nSPS) is 14.5. The predicted molar refractivity (Wildman–Crippen MR) is 148 cm³/mol. The molecule has 0 aliphatic carbocycles. The van der Waals surface area contributed by atoms with Crippen LogP contribution in [0.25, 0.3) is 22.2 Å².